The van der Waals surface area contributed by atoms with Crippen molar-refractivity contribution in [3.05, 3.63) is 10.5 Å². The summed E-state index contributed by atoms with van der Waals surface area (Å²) in [7, 11) is -3.29. The molecule has 3 radical (unpaired) electrons. The van der Waals surface area contributed by atoms with Crippen molar-refractivity contribution in [2.75, 3.05) is 58.8 Å². The first-order chi connectivity index (χ1) is 15.0. The zero-order valence-corrected chi connectivity index (χ0v) is 24.3. The minimum atomic E-state index is -2.54. The normalized spacial score (nSPS) is 13.1. The van der Waals surface area contributed by atoms with Gasteiger partial charge >= 0.3 is 18.1 Å². The molecule has 183 valence electrons. The summed E-state index contributed by atoms with van der Waals surface area (Å²) in [5.74, 6) is 0. The number of rotatable bonds is 21. The molecule has 0 rings (SSSR count). The SMILES string of the molecule is CCO[Si](OCC)C(=C(C)[Si]CNCCC[Si](OCC)(OCC)OCC)N(CC)CC. The van der Waals surface area contributed by atoms with E-state index < -0.39 is 18.1 Å². The molecule has 0 fully saturated rings. The second-order valence-electron chi connectivity index (χ2n) is 6.74. The Kier molecular flexibility index (Phi) is 19.4. The molecule has 0 atom stereocenters. The lowest BCUT2D eigenvalue weighted by Gasteiger charge is -2.30. The zero-order valence-electron chi connectivity index (χ0n) is 21.3. The standard InChI is InChI=1S/C21H47N2O5Si3/c1-9-23(10-2)21(30(24-11-3)25-12-4)20(8)29-19-22-17-16-18-31(26-13-5,27-14-6)28-15-7/h22H,9-19H2,1-8H3. The highest BCUT2D eigenvalue weighted by Gasteiger charge is 2.39. The van der Waals surface area contributed by atoms with Crippen LogP contribution in [0.3, 0.4) is 0 Å². The Hall–Kier alpha value is -0.0494. The Morgan fingerprint density at radius 3 is 1.77 bits per heavy atom. The molecule has 0 heterocycles. The van der Waals surface area contributed by atoms with Gasteiger partial charge in [-0.3, -0.25) is 0 Å². The fourth-order valence-electron chi connectivity index (χ4n) is 3.30. The average Bonchev–Trinajstić information content (AvgIpc) is 2.74. The van der Waals surface area contributed by atoms with E-state index in [0.29, 0.717) is 42.6 Å². The zero-order chi connectivity index (χ0) is 23.5. The Bertz CT molecular complexity index is 445. The predicted octanol–water partition coefficient (Wildman–Crippen LogP) is 3.35. The van der Waals surface area contributed by atoms with Crippen molar-refractivity contribution < 1.29 is 22.1 Å². The van der Waals surface area contributed by atoms with Crippen LogP contribution in [0.2, 0.25) is 6.04 Å². The molecular formula is C21H47N2O5Si3. The summed E-state index contributed by atoms with van der Waals surface area (Å²) in [6, 6.07) is 0.847. The maximum atomic E-state index is 6.03. The molecule has 31 heavy (non-hydrogen) atoms. The molecule has 0 aromatic rings. The van der Waals surface area contributed by atoms with Crippen LogP contribution in [0.25, 0.3) is 0 Å². The van der Waals surface area contributed by atoms with Gasteiger partial charge in [-0.05, 0) is 74.5 Å². The molecule has 0 bridgehead atoms. The highest BCUT2D eigenvalue weighted by molar-refractivity contribution is 6.60. The first-order valence-electron chi connectivity index (χ1n) is 11.9. The van der Waals surface area contributed by atoms with Crippen LogP contribution < -0.4 is 5.32 Å². The molecule has 0 unspecified atom stereocenters. The maximum Gasteiger partial charge on any atom is 0.500 e. The van der Waals surface area contributed by atoms with Gasteiger partial charge in [0.2, 0.25) is 0 Å². The quantitative estimate of drug-likeness (QED) is 0.195. The molecule has 0 aliphatic carbocycles. The van der Waals surface area contributed by atoms with Crippen LogP contribution in [-0.4, -0.2) is 91.3 Å². The number of allylic oxidation sites excluding steroid dienone is 1. The van der Waals surface area contributed by atoms with Gasteiger partial charge in [0.1, 0.15) is 0 Å². The van der Waals surface area contributed by atoms with E-state index in [2.05, 4.69) is 31.0 Å². The lowest BCUT2D eigenvalue weighted by atomic mass is 10.5. The van der Waals surface area contributed by atoms with E-state index in [0.717, 1.165) is 38.3 Å². The molecule has 0 aromatic heterocycles. The van der Waals surface area contributed by atoms with Gasteiger partial charge in [0.15, 0.2) is 0 Å². The molecule has 1 N–H and O–H groups in total. The van der Waals surface area contributed by atoms with Crippen LogP contribution in [0.5, 0.6) is 0 Å². The highest BCUT2D eigenvalue weighted by atomic mass is 28.4. The molecule has 0 aliphatic rings. The highest BCUT2D eigenvalue weighted by Crippen LogP contribution is 2.18. The molecule has 0 aromatic carbocycles. The molecule has 0 amide bonds. The van der Waals surface area contributed by atoms with E-state index in [4.69, 9.17) is 22.1 Å². The van der Waals surface area contributed by atoms with Crippen LogP contribution in [-0.2, 0) is 22.1 Å². The summed E-state index contributed by atoms with van der Waals surface area (Å²) in [6.07, 6.45) is 1.94. The maximum absolute atomic E-state index is 6.03. The molecule has 0 aliphatic heterocycles. The topological polar surface area (TPSA) is 61.4 Å². The van der Waals surface area contributed by atoms with Gasteiger partial charge in [0, 0.05) is 52.2 Å². The minimum Gasteiger partial charge on any atom is -0.389 e. The van der Waals surface area contributed by atoms with Gasteiger partial charge in [-0.25, -0.2) is 0 Å². The van der Waals surface area contributed by atoms with Crippen LogP contribution in [0.15, 0.2) is 10.5 Å². The van der Waals surface area contributed by atoms with Crippen molar-refractivity contribution in [3.8, 4) is 0 Å². The van der Waals surface area contributed by atoms with Crippen molar-refractivity contribution in [3.63, 3.8) is 0 Å². The second-order valence-corrected chi connectivity index (χ2v) is 12.6. The lowest BCUT2D eigenvalue weighted by Crippen LogP contribution is -2.46. The van der Waals surface area contributed by atoms with Crippen LogP contribution >= 0.6 is 0 Å². The van der Waals surface area contributed by atoms with Gasteiger partial charge in [0.05, 0.1) is 14.8 Å². The monoisotopic (exact) mass is 491 g/mol. The first-order valence-corrected chi connectivity index (χ1v) is 16.4. The Balaban J connectivity index is 4.86. The van der Waals surface area contributed by atoms with E-state index in [9.17, 15) is 0 Å². The van der Waals surface area contributed by atoms with Crippen molar-refractivity contribution in [1.82, 2.24) is 10.2 Å². The third-order valence-corrected chi connectivity index (χ3v) is 11.4. The van der Waals surface area contributed by atoms with E-state index >= 15 is 0 Å². The molecule has 0 spiro atoms. The molecule has 0 saturated heterocycles. The second kappa shape index (κ2) is 19.4. The largest absolute Gasteiger partial charge is 0.500 e. The molecule has 0 saturated carbocycles. The van der Waals surface area contributed by atoms with E-state index in [1.165, 1.54) is 10.5 Å². The van der Waals surface area contributed by atoms with Crippen LogP contribution in [0.4, 0.5) is 0 Å². The van der Waals surface area contributed by atoms with E-state index in [-0.39, 0.29) is 0 Å². The number of nitrogens with one attached hydrogen (secondary N) is 1. The number of hydrogen-bond donors (Lipinski definition) is 1. The summed E-state index contributed by atoms with van der Waals surface area (Å²) in [4.78, 5) is 2.40. The Morgan fingerprint density at radius 2 is 1.35 bits per heavy atom. The minimum absolute atomic E-state index is 0.628. The van der Waals surface area contributed by atoms with Gasteiger partial charge in [-0.15, -0.1) is 0 Å². The van der Waals surface area contributed by atoms with Crippen LogP contribution in [0, 0.1) is 0 Å². The third-order valence-electron chi connectivity index (χ3n) is 4.59. The fraction of sp³-hybridized carbons (Fsp3) is 0.905. The Morgan fingerprint density at radius 1 is 0.839 bits per heavy atom. The predicted molar refractivity (Wildman–Crippen MR) is 133 cm³/mol. The van der Waals surface area contributed by atoms with Crippen LogP contribution in [0.1, 0.15) is 61.8 Å². The summed E-state index contributed by atoms with van der Waals surface area (Å²) < 4.78 is 29.9. The summed E-state index contributed by atoms with van der Waals surface area (Å²) in [5, 5.41) is 6.26. The summed E-state index contributed by atoms with van der Waals surface area (Å²) in [6.45, 7) is 22.8. The third kappa shape index (κ3) is 12.1. The fourth-order valence-corrected chi connectivity index (χ4v) is 9.14. The van der Waals surface area contributed by atoms with Crippen molar-refractivity contribution in [1.29, 1.82) is 0 Å². The Labute approximate surface area is 197 Å². The van der Waals surface area contributed by atoms with Gasteiger partial charge in [-0.1, -0.05) is 5.20 Å². The molecular weight excluding hydrogens is 444 g/mol. The van der Waals surface area contributed by atoms with Crippen molar-refractivity contribution in [2.24, 2.45) is 0 Å². The van der Waals surface area contributed by atoms with Crippen molar-refractivity contribution in [2.45, 2.75) is 67.9 Å². The van der Waals surface area contributed by atoms with E-state index in [1.54, 1.807) is 0 Å². The first kappa shape index (κ1) is 31.0. The lowest BCUT2D eigenvalue weighted by molar-refractivity contribution is 0.0708. The number of nitrogens with zero attached hydrogens (tertiary/aromatic N) is 1. The summed E-state index contributed by atoms with van der Waals surface area (Å²) >= 11 is 0. The van der Waals surface area contributed by atoms with Gasteiger partial charge < -0.3 is 32.3 Å². The van der Waals surface area contributed by atoms with Crippen molar-refractivity contribution >= 4 is 27.6 Å². The van der Waals surface area contributed by atoms with Gasteiger partial charge in [-0.2, -0.15) is 0 Å². The van der Waals surface area contributed by atoms with E-state index in [1.807, 2.05) is 34.6 Å². The molecule has 10 heteroatoms. The molecule has 7 nitrogen and oxygen atoms in total. The summed E-state index contributed by atoms with van der Waals surface area (Å²) in [5.41, 5.74) is 0. The van der Waals surface area contributed by atoms with Gasteiger partial charge in [0.25, 0.3) is 0 Å². The number of hydrogen-bond acceptors (Lipinski definition) is 7. The smallest absolute Gasteiger partial charge is 0.389 e. The average molecular weight is 492 g/mol.